The number of rotatable bonds is 1. The Bertz CT molecular complexity index is 180. The third-order valence-corrected chi connectivity index (χ3v) is 2.11. The van der Waals surface area contributed by atoms with E-state index in [0.29, 0.717) is 0 Å². The van der Waals surface area contributed by atoms with Gasteiger partial charge in [0.1, 0.15) is 0 Å². The Morgan fingerprint density at radius 1 is 1.33 bits per heavy atom. The molecule has 2 N–H and O–H groups in total. The van der Waals surface area contributed by atoms with Crippen LogP contribution in [0.4, 0.5) is 0 Å². The molecule has 0 bridgehead atoms. The lowest BCUT2D eigenvalue weighted by atomic mass is 10.1. The maximum absolute atomic E-state index is 5.17. The van der Waals surface area contributed by atoms with Gasteiger partial charge in [-0.1, -0.05) is 0 Å². The third kappa shape index (κ3) is 3.39. The first kappa shape index (κ1) is 9.78. The molecule has 1 aliphatic rings. The first-order valence-corrected chi connectivity index (χ1v) is 4.82. The van der Waals surface area contributed by atoms with E-state index >= 15 is 0 Å². The van der Waals surface area contributed by atoms with Gasteiger partial charge in [-0.05, 0) is 52.8 Å². The highest BCUT2D eigenvalue weighted by Gasteiger charge is 2.38. The smallest absolute Gasteiger partial charge is 0.167 e. The molecule has 0 spiro atoms. The predicted molar refractivity (Wildman–Crippen MR) is 56.3 cm³/mol. The van der Waals surface area contributed by atoms with Crippen LogP contribution >= 0.6 is 12.2 Å². The molecule has 0 aromatic carbocycles. The van der Waals surface area contributed by atoms with E-state index in [-0.39, 0.29) is 11.1 Å². The lowest BCUT2D eigenvalue weighted by Crippen LogP contribution is -2.49. The molecule has 0 unspecified atom stereocenters. The number of hydrogen-bond acceptors (Lipinski definition) is 1. The van der Waals surface area contributed by atoms with Gasteiger partial charge in [0.2, 0.25) is 0 Å². The van der Waals surface area contributed by atoms with Gasteiger partial charge in [0.15, 0.2) is 5.11 Å². The molecule has 1 aliphatic carbocycles. The Morgan fingerprint density at radius 3 is 2.17 bits per heavy atom. The van der Waals surface area contributed by atoms with Crippen LogP contribution in [0.5, 0.6) is 0 Å². The Labute approximate surface area is 80.1 Å². The van der Waals surface area contributed by atoms with Gasteiger partial charge < -0.3 is 10.6 Å². The van der Waals surface area contributed by atoms with Crippen LogP contribution in [0.25, 0.3) is 0 Å². The van der Waals surface area contributed by atoms with Crippen LogP contribution in [-0.4, -0.2) is 16.2 Å². The van der Waals surface area contributed by atoms with Crippen LogP contribution in [0.1, 0.15) is 40.5 Å². The van der Waals surface area contributed by atoms with Gasteiger partial charge in [-0.3, -0.25) is 0 Å². The Hall–Kier alpha value is -0.310. The lowest BCUT2D eigenvalue weighted by molar-refractivity contribution is 0.498. The topological polar surface area (TPSA) is 24.1 Å². The highest BCUT2D eigenvalue weighted by atomic mass is 32.1. The van der Waals surface area contributed by atoms with E-state index in [9.17, 15) is 0 Å². The van der Waals surface area contributed by atoms with E-state index in [1.165, 1.54) is 12.8 Å². The van der Waals surface area contributed by atoms with Crippen molar-refractivity contribution >= 4 is 17.3 Å². The molecular formula is C9H18N2S. The monoisotopic (exact) mass is 186 g/mol. The van der Waals surface area contributed by atoms with Crippen molar-refractivity contribution < 1.29 is 0 Å². The fraction of sp³-hybridized carbons (Fsp3) is 0.889. The van der Waals surface area contributed by atoms with Gasteiger partial charge in [0.25, 0.3) is 0 Å². The van der Waals surface area contributed by atoms with Crippen molar-refractivity contribution in [3.05, 3.63) is 0 Å². The molecule has 1 rings (SSSR count). The van der Waals surface area contributed by atoms with Crippen molar-refractivity contribution in [2.24, 2.45) is 0 Å². The molecule has 2 nitrogen and oxygen atoms in total. The molecule has 0 atom stereocenters. The number of hydrogen-bond donors (Lipinski definition) is 2. The van der Waals surface area contributed by atoms with Crippen molar-refractivity contribution in [2.45, 2.75) is 51.6 Å². The summed E-state index contributed by atoms with van der Waals surface area (Å²) in [4.78, 5) is 0. The highest BCUT2D eigenvalue weighted by molar-refractivity contribution is 7.80. The summed E-state index contributed by atoms with van der Waals surface area (Å²) >= 11 is 5.17. The molecule has 1 saturated carbocycles. The van der Waals surface area contributed by atoms with Crippen molar-refractivity contribution in [3.63, 3.8) is 0 Å². The van der Waals surface area contributed by atoms with Crippen LogP contribution in [0, 0.1) is 0 Å². The van der Waals surface area contributed by atoms with Gasteiger partial charge in [0, 0.05) is 11.1 Å². The summed E-state index contributed by atoms with van der Waals surface area (Å²) in [6.45, 7) is 8.52. The van der Waals surface area contributed by atoms with E-state index < -0.39 is 0 Å². The van der Waals surface area contributed by atoms with Gasteiger partial charge >= 0.3 is 0 Å². The molecule has 0 aliphatic heterocycles. The van der Waals surface area contributed by atoms with Crippen LogP contribution in [0.3, 0.4) is 0 Å². The van der Waals surface area contributed by atoms with Crippen LogP contribution in [0.15, 0.2) is 0 Å². The number of nitrogens with one attached hydrogen (secondary N) is 2. The van der Waals surface area contributed by atoms with Crippen molar-refractivity contribution in [1.82, 2.24) is 10.6 Å². The zero-order valence-electron chi connectivity index (χ0n) is 8.32. The molecule has 3 heteroatoms. The van der Waals surface area contributed by atoms with Crippen molar-refractivity contribution in [3.8, 4) is 0 Å². The second-order valence-corrected chi connectivity index (χ2v) is 5.30. The van der Waals surface area contributed by atoms with Crippen LogP contribution in [-0.2, 0) is 0 Å². The summed E-state index contributed by atoms with van der Waals surface area (Å²) in [7, 11) is 0. The second-order valence-electron chi connectivity index (χ2n) is 4.89. The molecule has 0 aromatic rings. The average molecular weight is 186 g/mol. The van der Waals surface area contributed by atoms with Gasteiger partial charge in [-0.2, -0.15) is 0 Å². The van der Waals surface area contributed by atoms with E-state index in [2.05, 4.69) is 38.3 Å². The third-order valence-electron chi connectivity index (χ3n) is 1.90. The first-order chi connectivity index (χ1) is 5.31. The van der Waals surface area contributed by atoms with Gasteiger partial charge in [-0.15, -0.1) is 0 Å². The highest BCUT2D eigenvalue weighted by Crippen LogP contribution is 2.34. The standard InChI is InChI=1S/C9H18N2S/c1-8(2,3)10-7(12)11-9(4)5-6-9/h5-6H2,1-4H3,(H2,10,11,12). The maximum Gasteiger partial charge on any atom is 0.167 e. The minimum Gasteiger partial charge on any atom is -0.358 e. The summed E-state index contributed by atoms with van der Waals surface area (Å²) < 4.78 is 0. The summed E-state index contributed by atoms with van der Waals surface area (Å²) in [6, 6.07) is 0. The van der Waals surface area contributed by atoms with Crippen molar-refractivity contribution in [2.75, 3.05) is 0 Å². The average Bonchev–Trinajstić information content (AvgIpc) is 2.40. The van der Waals surface area contributed by atoms with Crippen LogP contribution in [0.2, 0.25) is 0 Å². The molecular weight excluding hydrogens is 168 g/mol. The molecule has 12 heavy (non-hydrogen) atoms. The summed E-state index contributed by atoms with van der Waals surface area (Å²) in [5, 5.41) is 7.32. The van der Waals surface area contributed by atoms with Crippen molar-refractivity contribution in [1.29, 1.82) is 0 Å². The fourth-order valence-corrected chi connectivity index (χ4v) is 1.51. The quantitative estimate of drug-likeness (QED) is 0.611. The Morgan fingerprint density at radius 2 is 1.83 bits per heavy atom. The molecule has 0 aromatic heterocycles. The first-order valence-electron chi connectivity index (χ1n) is 4.41. The summed E-state index contributed by atoms with van der Waals surface area (Å²) in [6.07, 6.45) is 2.47. The predicted octanol–water partition coefficient (Wildman–Crippen LogP) is 1.80. The molecule has 0 saturated heterocycles. The molecule has 1 fully saturated rings. The Kier molecular flexibility index (Phi) is 2.34. The normalized spacial score (nSPS) is 20.0. The van der Waals surface area contributed by atoms with E-state index in [4.69, 9.17) is 12.2 Å². The minimum atomic E-state index is 0.0648. The second kappa shape index (κ2) is 2.87. The maximum atomic E-state index is 5.17. The van der Waals surface area contributed by atoms with E-state index in [0.717, 1.165) is 5.11 Å². The largest absolute Gasteiger partial charge is 0.358 e. The number of thiocarbonyl (C=S) groups is 1. The fourth-order valence-electron chi connectivity index (χ4n) is 0.958. The SMILES string of the molecule is CC(C)(C)NC(=S)NC1(C)CC1. The van der Waals surface area contributed by atoms with E-state index in [1.807, 2.05) is 0 Å². The zero-order valence-corrected chi connectivity index (χ0v) is 9.14. The van der Waals surface area contributed by atoms with Gasteiger partial charge in [-0.25, -0.2) is 0 Å². The summed E-state index contributed by atoms with van der Waals surface area (Å²) in [5.41, 5.74) is 0.352. The Balaban J connectivity index is 2.30. The molecule has 0 heterocycles. The molecule has 0 amide bonds. The molecule has 70 valence electrons. The van der Waals surface area contributed by atoms with Crippen LogP contribution < -0.4 is 10.6 Å². The zero-order chi connectivity index (χ0) is 9.41. The van der Waals surface area contributed by atoms with E-state index in [1.54, 1.807) is 0 Å². The summed E-state index contributed by atoms with van der Waals surface area (Å²) in [5.74, 6) is 0. The minimum absolute atomic E-state index is 0.0648. The lowest BCUT2D eigenvalue weighted by Gasteiger charge is -2.25. The van der Waals surface area contributed by atoms with Gasteiger partial charge in [0.05, 0.1) is 0 Å². The molecule has 0 radical (unpaired) electrons.